The van der Waals surface area contributed by atoms with Gasteiger partial charge < -0.3 is 28.7 Å². The first-order valence-corrected chi connectivity index (χ1v) is 28.7. The average molecular weight is 996 g/mol. The molecule has 0 heterocycles. The molecule has 0 atom stereocenters. The molecule has 0 aliphatic heterocycles. The van der Waals surface area contributed by atoms with E-state index in [1.807, 2.05) is 0 Å². The Balaban J connectivity index is 5.31. The van der Waals surface area contributed by atoms with Gasteiger partial charge in [-0.2, -0.15) is 0 Å². The SMILES string of the molecule is CCCCCCCCCOC(=O)CCCCCCCN(CCCCCCCC(=O)OC(CCCCCCCC)CCCCCCCC)CCCN(C(=O)OC(C)(C)C)/C(=N/OC)NC(=O)OC(C)(C)C. The zero-order chi connectivity index (χ0) is 52.1. The second-order valence-electron chi connectivity index (χ2n) is 21.7. The molecule has 0 aromatic rings. The van der Waals surface area contributed by atoms with E-state index in [-0.39, 0.29) is 30.5 Å². The molecule has 0 unspecified atom stereocenters. The van der Waals surface area contributed by atoms with E-state index in [0.717, 1.165) is 122 Å². The minimum atomic E-state index is -0.776. The molecule has 0 aliphatic rings. The predicted molar refractivity (Wildman–Crippen MR) is 288 cm³/mol. The molecule has 2 amide bonds. The van der Waals surface area contributed by atoms with Gasteiger partial charge in [0.05, 0.1) is 6.61 Å². The monoisotopic (exact) mass is 995 g/mol. The summed E-state index contributed by atoms with van der Waals surface area (Å²) in [5, 5.41) is 6.58. The summed E-state index contributed by atoms with van der Waals surface area (Å²) in [5.41, 5.74) is -1.53. The Morgan fingerprint density at radius 1 is 0.486 bits per heavy atom. The van der Waals surface area contributed by atoms with E-state index in [1.54, 1.807) is 41.5 Å². The molecule has 0 saturated carbocycles. The Morgan fingerprint density at radius 2 is 0.900 bits per heavy atom. The van der Waals surface area contributed by atoms with Gasteiger partial charge in [-0.15, -0.1) is 0 Å². The first-order valence-electron chi connectivity index (χ1n) is 28.7. The first-order chi connectivity index (χ1) is 33.5. The summed E-state index contributed by atoms with van der Waals surface area (Å²) in [5.74, 6) is -0.217. The highest BCUT2D eigenvalue weighted by atomic mass is 16.6. The average Bonchev–Trinajstić information content (AvgIpc) is 3.28. The summed E-state index contributed by atoms with van der Waals surface area (Å²) < 4.78 is 22.8. The van der Waals surface area contributed by atoms with Crippen LogP contribution in [0.3, 0.4) is 0 Å². The Morgan fingerprint density at radius 3 is 1.37 bits per heavy atom. The van der Waals surface area contributed by atoms with Crippen LogP contribution in [0, 0.1) is 0 Å². The molecule has 0 aromatic heterocycles. The third-order valence-corrected chi connectivity index (χ3v) is 12.3. The molecule has 412 valence electrons. The molecule has 1 N–H and O–H groups in total. The smallest absolute Gasteiger partial charge is 0.417 e. The second kappa shape index (κ2) is 44.6. The Hall–Kier alpha value is -3.09. The summed E-state index contributed by atoms with van der Waals surface area (Å²) in [6.45, 7) is 20.7. The zero-order valence-corrected chi connectivity index (χ0v) is 47.2. The minimum Gasteiger partial charge on any atom is -0.466 e. The number of guanidine groups is 1. The number of ether oxygens (including phenoxy) is 4. The van der Waals surface area contributed by atoms with E-state index in [2.05, 4.69) is 36.1 Å². The maximum Gasteiger partial charge on any atom is 0.417 e. The lowest BCUT2D eigenvalue weighted by Gasteiger charge is -2.29. The van der Waals surface area contributed by atoms with Crippen LogP contribution in [0.2, 0.25) is 0 Å². The van der Waals surface area contributed by atoms with Gasteiger partial charge in [0.15, 0.2) is 0 Å². The van der Waals surface area contributed by atoms with Crippen molar-refractivity contribution in [3.05, 3.63) is 0 Å². The summed E-state index contributed by atoms with van der Waals surface area (Å²) >= 11 is 0. The first kappa shape index (κ1) is 66.9. The number of carbonyl (C=O) groups is 4. The summed E-state index contributed by atoms with van der Waals surface area (Å²) in [7, 11) is 1.35. The van der Waals surface area contributed by atoms with Crippen LogP contribution in [0.15, 0.2) is 5.16 Å². The third kappa shape index (κ3) is 43.7. The number of nitrogens with zero attached hydrogens (tertiary/aromatic N) is 3. The molecule has 13 nitrogen and oxygen atoms in total. The predicted octanol–water partition coefficient (Wildman–Crippen LogP) is 15.7. The van der Waals surface area contributed by atoms with E-state index in [0.29, 0.717) is 25.9 Å². The van der Waals surface area contributed by atoms with E-state index >= 15 is 0 Å². The summed E-state index contributed by atoms with van der Waals surface area (Å²) in [6.07, 6.45) is 35.6. The van der Waals surface area contributed by atoms with Crippen LogP contribution >= 0.6 is 0 Å². The number of carbonyl (C=O) groups excluding carboxylic acids is 4. The van der Waals surface area contributed by atoms with Gasteiger partial charge in [-0.1, -0.05) is 162 Å². The van der Waals surface area contributed by atoms with Gasteiger partial charge in [0.1, 0.15) is 24.4 Å². The number of alkyl carbamates (subject to hydrolysis) is 1. The lowest BCUT2D eigenvalue weighted by atomic mass is 10.0. The van der Waals surface area contributed by atoms with Crippen molar-refractivity contribution in [3.63, 3.8) is 0 Å². The maximum absolute atomic E-state index is 13.5. The normalized spacial score (nSPS) is 12.1. The van der Waals surface area contributed by atoms with E-state index in [4.69, 9.17) is 23.8 Å². The van der Waals surface area contributed by atoms with Crippen molar-refractivity contribution in [1.82, 2.24) is 15.1 Å². The fourth-order valence-corrected chi connectivity index (χ4v) is 8.41. The van der Waals surface area contributed by atoms with Crippen molar-refractivity contribution >= 4 is 30.1 Å². The number of nitrogens with one attached hydrogen (secondary N) is 1. The standard InChI is InChI=1S/C57H110N4O9/c1-11-14-17-20-23-32-39-49-67-51(62)43-35-28-24-30-37-45-60(47-40-48-61(55(65)70-57(7,8)9)53(59-66-10)58-54(64)69-56(4,5)6)46-38-31-25-29-36-44-52(63)68-50(41-33-26-21-18-15-12-2)42-34-27-22-19-16-13-3/h50H,11-49H2,1-10H3,(H,58,59,64). The lowest BCUT2D eigenvalue weighted by molar-refractivity contribution is -0.150. The van der Waals surface area contributed by atoms with Crippen molar-refractivity contribution in [3.8, 4) is 0 Å². The van der Waals surface area contributed by atoms with Crippen LogP contribution in [0.5, 0.6) is 0 Å². The molecule has 0 saturated heterocycles. The Kier molecular flexibility index (Phi) is 42.6. The second-order valence-corrected chi connectivity index (χ2v) is 21.7. The van der Waals surface area contributed by atoms with Crippen LogP contribution in [-0.2, 0) is 33.4 Å². The van der Waals surface area contributed by atoms with Gasteiger partial charge >= 0.3 is 24.1 Å². The van der Waals surface area contributed by atoms with Gasteiger partial charge in [-0.3, -0.25) is 14.9 Å². The van der Waals surface area contributed by atoms with Gasteiger partial charge in [-0.25, -0.2) is 14.5 Å². The molecule has 70 heavy (non-hydrogen) atoms. The zero-order valence-electron chi connectivity index (χ0n) is 47.2. The van der Waals surface area contributed by atoms with Crippen molar-refractivity contribution in [2.75, 3.05) is 39.9 Å². The van der Waals surface area contributed by atoms with E-state index < -0.39 is 23.4 Å². The van der Waals surface area contributed by atoms with Crippen LogP contribution < -0.4 is 5.32 Å². The van der Waals surface area contributed by atoms with Crippen molar-refractivity contribution in [2.45, 2.75) is 298 Å². The van der Waals surface area contributed by atoms with Crippen molar-refractivity contribution in [1.29, 1.82) is 0 Å². The fourth-order valence-electron chi connectivity index (χ4n) is 8.41. The van der Waals surface area contributed by atoms with Gasteiger partial charge in [0, 0.05) is 19.4 Å². The Labute approximate surface area is 429 Å². The Bertz CT molecular complexity index is 1300. The quantitative estimate of drug-likeness (QED) is 0.0156. The van der Waals surface area contributed by atoms with Gasteiger partial charge in [0.2, 0.25) is 0 Å². The molecular weight excluding hydrogens is 885 g/mol. The lowest BCUT2D eigenvalue weighted by Crippen LogP contribution is -2.50. The van der Waals surface area contributed by atoms with Crippen molar-refractivity contribution < 1.29 is 43.0 Å². The van der Waals surface area contributed by atoms with Crippen LogP contribution in [-0.4, -0.2) is 97.1 Å². The van der Waals surface area contributed by atoms with Gasteiger partial charge in [-0.05, 0) is 131 Å². The van der Waals surface area contributed by atoms with E-state index in [1.165, 1.54) is 108 Å². The maximum atomic E-state index is 13.5. The molecule has 0 radical (unpaired) electrons. The number of oxime groups is 1. The molecule has 13 heteroatoms. The van der Waals surface area contributed by atoms with E-state index in [9.17, 15) is 19.2 Å². The summed E-state index contributed by atoms with van der Waals surface area (Å²) in [4.78, 5) is 60.4. The fraction of sp³-hybridized carbons (Fsp3) is 0.912. The van der Waals surface area contributed by atoms with Crippen LogP contribution in [0.4, 0.5) is 9.59 Å². The van der Waals surface area contributed by atoms with Crippen LogP contribution in [0.1, 0.15) is 281 Å². The number of hydrogen-bond donors (Lipinski definition) is 1. The molecule has 0 bridgehead atoms. The molecule has 0 spiro atoms. The minimum absolute atomic E-state index is 0.0349. The highest BCUT2D eigenvalue weighted by molar-refractivity contribution is 6.01. The molecule has 0 rings (SSSR count). The third-order valence-electron chi connectivity index (χ3n) is 12.3. The largest absolute Gasteiger partial charge is 0.466 e. The number of amides is 2. The highest BCUT2D eigenvalue weighted by Gasteiger charge is 2.29. The molecule has 0 fully saturated rings. The summed E-state index contributed by atoms with van der Waals surface area (Å²) in [6, 6.07) is 0. The topological polar surface area (TPSA) is 145 Å². The molecule has 0 aliphatic carbocycles. The number of rotatable bonds is 44. The number of hydrogen-bond acceptors (Lipinski definition) is 11. The van der Waals surface area contributed by atoms with Gasteiger partial charge in [0.25, 0.3) is 5.96 Å². The number of unbranched alkanes of at least 4 members (excludes halogenated alkanes) is 24. The number of esters is 2. The van der Waals surface area contributed by atoms with Crippen molar-refractivity contribution in [2.24, 2.45) is 5.16 Å². The molecular formula is C57H110N4O9. The van der Waals surface area contributed by atoms with Crippen LogP contribution in [0.25, 0.3) is 0 Å². The highest BCUT2D eigenvalue weighted by Crippen LogP contribution is 2.19. The molecule has 0 aromatic carbocycles.